The molecule has 0 bridgehead atoms. The van der Waals surface area contributed by atoms with E-state index in [4.69, 9.17) is 9.97 Å². The fourth-order valence-electron chi connectivity index (χ4n) is 2.65. The number of para-hydroxylation sites is 1. The second-order valence-corrected chi connectivity index (χ2v) is 6.53. The highest BCUT2D eigenvalue weighted by Crippen LogP contribution is 2.28. The summed E-state index contributed by atoms with van der Waals surface area (Å²) in [6.07, 6.45) is 0.0110. The Bertz CT molecular complexity index is 892. The Kier molecular flexibility index (Phi) is 3.58. The van der Waals surface area contributed by atoms with Gasteiger partial charge in [-0.15, -0.1) is 0 Å². The maximum atomic E-state index is 4.74. The number of halogens is 1. The van der Waals surface area contributed by atoms with Gasteiger partial charge in [-0.3, -0.25) is 4.99 Å². The molecular weight excluding hydrogens is 352 g/mol. The molecule has 2 aromatic carbocycles. The molecular formula is C18H15BrN4. The molecule has 0 saturated carbocycles. The first-order valence-corrected chi connectivity index (χ1v) is 8.41. The van der Waals surface area contributed by atoms with Gasteiger partial charge < -0.3 is 5.32 Å². The van der Waals surface area contributed by atoms with Crippen molar-refractivity contribution in [1.82, 2.24) is 9.97 Å². The Morgan fingerprint density at radius 3 is 2.43 bits per heavy atom. The molecule has 4 rings (SSSR count). The fourth-order valence-corrected chi connectivity index (χ4v) is 3.02. The summed E-state index contributed by atoms with van der Waals surface area (Å²) in [5, 5.41) is 4.43. The van der Waals surface area contributed by atoms with Gasteiger partial charge >= 0.3 is 0 Å². The monoisotopic (exact) mass is 366 g/mol. The molecule has 2 unspecified atom stereocenters. The number of aromatic nitrogens is 2. The van der Waals surface area contributed by atoms with Crippen LogP contribution in [0, 0.1) is 0 Å². The molecule has 5 heteroatoms. The van der Waals surface area contributed by atoms with E-state index in [-0.39, 0.29) is 11.0 Å². The van der Waals surface area contributed by atoms with Crippen LogP contribution in [0.1, 0.15) is 6.92 Å². The van der Waals surface area contributed by atoms with Gasteiger partial charge in [-0.25, -0.2) is 9.97 Å². The Labute approximate surface area is 142 Å². The van der Waals surface area contributed by atoms with Crippen molar-refractivity contribution in [2.75, 3.05) is 5.32 Å². The third kappa shape index (κ3) is 2.61. The van der Waals surface area contributed by atoms with Crippen LogP contribution in [0.4, 0.5) is 5.82 Å². The van der Waals surface area contributed by atoms with Crippen molar-refractivity contribution >= 4 is 38.4 Å². The summed E-state index contributed by atoms with van der Waals surface area (Å²) in [7, 11) is 0. The highest BCUT2D eigenvalue weighted by molar-refractivity contribution is 9.10. The smallest absolute Gasteiger partial charge is 0.162 e. The molecule has 0 spiro atoms. The fraction of sp³-hybridized carbons (Fsp3) is 0.167. The second kappa shape index (κ2) is 5.74. The number of aliphatic imine (C=N–C) groups is 1. The number of anilines is 1. The van der Waals surface area contributed by atoms with E-state index in [1.54, 1.807) is 0 Å². The van der Waals surface area contributed by atoms with Gasteiger partial charge in [-0.2, -0.15) is 0 Å². The van der Waals surface area contributed by atoms with E-state index in [0.29, 0.717) is 0 Å². The van der Waals surface area contributed by atoms with Crippen molar-refractivity contribution in [2.45, 2.75) is 17.9 Å². The molecule has 0 aliphatic carbocycles. The molecule has 0 amide bonds. The lowest BCUT2D eigenvalue weighted by molar-refractivity contribution is 0.745. The average molecular weight is 367 g/mol. The third-order valence-corrected chi connectivity index (χ3v) is 5.10. The molecule has 1 aliphatic rings. The molecule has 114 valence electrons. The van der Waals surface area contributed by atoms with E-state index >= 15 is 0 Å². The zero-order chi connectivity index (χ0) is 15.8. The van der Waals surface area contributed by atoms with Crippen LogP contribution in [-0.4, -0.2) is 26.7 Å². The van der Waals surface area contributed by atoms with Gasteiger partial charge in [-0.1, -0.05) is 58.4 Å². The molecule has 0 radical (unpaired) electrons. The maximum Gasteiger partial charge on any atom is 0.162 e. The van der Waals surface area contributed by atoms with Crippen LogP contribution in [0.2, 0.25) is 0 Å². The molecule has 1 aliphatic heterocycles. The zero-order valence-corrected chi connectivity index (χ0v) is 14.2. The highest BCUT2D eigenvalue weighted by Gasteiger charge is 2.30. The topological polar surface area (TPSA) is 50.2 Å². The Morgan fingerprint density at radius 2 is 1.70 bits per heavy atom. The van der Waals surface area contributed by atoms with Crippen molar-refractivity contribution in [3.8, 4) is 11.4 Å². The maximum absolute atomic E-state index is 4.74. The van der Waals surface area contributed by atoms with E-state index in [2.05, 4.69) is 26.2 Å². The van der Waals surface area contributed by atoms with Crippen molar-refractivity contribution in [2.24, 2.45) is 4.99 Å². The lowest BCUT2D eigenvalue weighted by Gasteiger charge is -2.30. The number of hydrogen-bond acceptors (Lipinski definition) is 4. The molecule has 3 aromatic rings. The van der Waals surface area contributed by atoms with Crippen LogP contribution in [0.5, 0.6) is 0 Å². The number of nitrogens with zero attached hydrogens (tertiary/aromatic N) is 3. The number of rotatable bonds is 3. The number of hydrogen-bond donors (Lipinski definition) is 1. The quantitative estimate of drug-likeness (QED) is 0.704. The zero-order valence-electron chi connectivity index (χ0n) is 12.6. The van der Waals surface area contributed by atoms with Gasteiger partial charge in [0.2, 0.25) is 0 Å². The normalized spacial score (nSPS) is 20.0. The predicted molar refractivity (Wildman–Crippen MR) is 98.2 cm³/mol. The molecule has 0 fully saturated rings. The predicted octanol–water partition coefficient (Wildman–Crippen LogP) is 4.27. The summed E-state index contributed by atoms with van der Waals surface area (Å²) in [5.41, 5.74) is 3.03. The molecule has 0 saturated heterocycles. The molecule has 2 heterocycles. The minimum Gasteiger partial charge on any atom is -0.347 e. The van der Waals surface area contributed by atoms with Gasteiger partial charge in [0.1, 0.15) is 12.0 Å². The largest absolute Gasteiger partial charge is 0.347 e. The van der Waals surface area contributed by atoms with Crippen LogP contribution in [0.15, 0.2) is 59.6 Å². The minimum atomic E-state index is 0.0110. The lowest BCUT2D eigenvalue weighted by Crippen LogP contribution is -2.42. The SMILES string of the molecule is CC1=NC(Nc2nc(-c3ccccc3)nc3ccccc23)C1Br. The Morgan fingerprint density at radius 1 is 0.957 bits per heavy atom. The van der Waals surface area contributed by atoms with E-state index in [1.165, 1.54) is 0 Å². The highest BCUT2D eigenvalue weighted by atomic mass is 79.9. The summed E-state index contributed by atoms with van der Waals surface area (Å²) in [6.45, 7) is 2.02. The summed E-state index contributed by atoms with van der Waals surface area (Å²) in [5.74, 6) is 1.54. The standard InChI is InChI=1S/C18H15BrN4/c1-11-15(19)18(20-11)23-17-13-9-5-6-10-14(13)21-16(22-17)12-7-3-2-4-8-12/h2-10,15,18H,1H3,(H,21,22,23). The molecule has 23 heavy (non-hydrogen) atoms. The summed E-state index contributed by atoms with van der Waals surface area (Å²) in [4.78, 5) is 14.2. The van der Waals surface area contributed by atoms with Crippen molar-refractivity contribution in [3.63, 3.8) is 0 Å². The van der Waals surface area contributed by atoms with E-state index in [1.807, 2.05) is 61.5 Å². The van der Waals surface area contributed by atoms with Crippen LogP contribution < -0.4 is 5.32 Å². The second-order valence-electron chi connectivity index (χ2n) is 5.54. The van der Waals surface area contributed by atoms with Gasteiger partial charge in [-0.05, 0) is 19.1 Å². The number of alkyl halides is 1. The van der Waals surface area contributed by atoms with E-state index in [9.17, 15) is 0 Å². The first kappa shape index (κ1) is 14.3. The Hall–Kier alpha value is -2.27. The van der Waals surface area contributed by atoms with Gasteiger partial charge in [0, 0.05) is 16.7 Å². The molecule has 2 atom stereocenters. The number of benzene rings is 2. The summed E-state index contributed by atoms with van der Waals surface area (Å²) in [6, 6.07) is 18.1. The first-order valence-electron chi connectivity index (χ1n) is 7.49. The van der Waals surface area contributed by atoms with Crippen LogP contribution in [0.25, 0.3) is 22.3 Å². The molecule has 4 nitrogen and oxygen atoms in total. The van der Waals surface area contributed by atoms with Gasteiger partial charge in [0.25, 0.3) is 0 Å². The molecule has 1 N–H and O–H groups in total. The average Bonchev–Trinajstić information content (AvgIpc) is 2.61. The summed E-state index contributed by atoms with van der Waals surface area (Å²) < 4.78 is 0. The third-order valence-electron chi connectivity index (χ3n) is 3.94. The van der Waals surface area contributed by atoms with Crippen molar-refractivity contribution in [1.29, 1.82) is 0 Å². The van der Waals surface area contributed by atoms with Crippen molar-refractivity contribution < 1.29 is 0 Å². The van der Waals surface area contributed by atoms with Gasteiger partial charge in [0.05, 0.1) is 10.3 Å². The van der Waals surface area contributed by atoms with Crippen LogP contribution >= 0.6 is 15.9 Å². The van der Waals surface area contributed by atoms with Crippen LogP contribution in [0.3, 0.4) is 0 Å². The van der Waals surface area contributed by atoms with Crippen LogP contribution in [-0.2, 0) is 0 Å². The number of fused-ring (bicyclic) bond motifs is 1. The lowest BCUT2D eigenvalue weighted by atomic mass is 10.1. The minimum absolute atomic E-state index is 0.0110. The first-order chi connectivity index (χ1) is 11.2. The van der Waals surface area contributed by atoms with Gasteiger partial charge in [0.15, 0.2) is 5.82 Å². The van der Waals surface area contributed by atoms with E-state index < -0.39 is 0 Å². The van der Waals surface area contributed by atoms with E-state index in [0.717, 1.165) is 33.8 Å². The summed E-state index contributed by atoms with van der Waals surface area (Å²) >= 11 is 3.64. The Balaban J connectivity index is 1.81. The van der Waals surface area contributed by atoms with Crippen molar-refractivity contribution in [3.05, 3.63) is 54.6 Å². The number of nitrogens with one attached hydrogen (secondary N) is 1. The molecule has 1 aromatic heterocycles.